The fourth-order valence-corrected chi connectivity index (χ4v) is 1.81. The molecule has 2 N–H and O–H groups in total. The van der Waals surface area contributed by atoms with Crippen molar-refractivity contribution < 1.29 is 24.5 Å². The minimum absolute atomic E-state index is 0.0469. The molecule has 1 atom stereocenters. The number of aryl methyl sites for hydroxylation is 1. The molecule has 1 aromatic carbocycles. The molecule has 1 unspecified atom stereocenters. The SMILES string of the molecule is CCOC(=O)CC(C)=NC(C(=O)O)c1ccc(O)c(C)c1. The Hall–Kier alpha value is -2.37. The number of rotatable bonds is 6. The van der Waals surface area contributed by atoms with Crippen LogP contribution in [0.1, 0.15) is 37.4 Å². The van der Waals surface area contributed by atoms with Gasteiger partial charge in [-0.05, 0) is 44.0 Å². The smallest absolute Gasteiger partial charge is 0.333 e. The first kappa shape index (κ1) is 16.7. The first-order valence-corrected chi connectivity index (χ1v) is 6.56. The van der Waals surface area contributed by atoms with Crippen LogP contribution in [0.4, 0.5) is 0 Å². The van der Waals surface area contributed by atoms with Gasteiger partial charge in [0.25, 0.3) is 0 Å². The Bertz CT molecular complexity index is 565. The molecule has 0 bridgehead atoms. The third kappa shape index (κ3) is 4.91. The van der Waals surface area contributed by atoms with Gasteiger partial charge in [-0.25, -0.2) is 4.79 Å². The second-order valence-electron chi connectivity index (χ2n) is 4.63. The Labute approximate surface area is 123 Å². The van der Waals surface area contributed by atoms with Gasteiger partial charge in [0.15, 0.2) is 6.04 Å². The highest BCUT2D eigenvalue weighted by Gasteiger charge is 2.20. The van der Waals surface area contributed by atoms with E-state index in [9.17, 15) is 19.8 Å². The number of carbonyl (C=O) groups is 2. The largest absolute Gasteiger partial charge is 0.508 e. The van der Waals surface area contributed by atoms with Crippen molar-refractivity contribution in [1.29, 1.82) is 0 Å². The fraction of sp³-hybridized carbons (Fsp3) is 0.400. The van der Waals surface area contributed by atoms with E-state index in [-0.39, 0.29) is 18.8 Å². The standard InChI is InChI=1S/C15H19NO5/c1-4-21-13(18)8-10(3)16-14(15(19)20)11-5-6-12(17)9(2)7-11/h5-7,14,17H,4,8H2,1-3H3,(H,19,20). The average molecular weight is 293 g/mol. The number of esters is 1. The highest BCUT2D eigenvalue weighted by molar-refractivity contribution is 5.98. The lowest BCUT2D eigenvalue weighted by molar-refractivity contribution is -0.142. The molecule has 0 aliphatic carbocycles. The zero-order valence-corrected chi connectivity index (χ0v) is 12.3. The van der Waals surface area contributed by atoms with Gasteiger partial charge in [0.2, 0.25) is 0 Å². The van der Waals surface area contributed by atoms with Crippen LogP contribution in [0.2, 0.25) is 0 Å². The number of phenols is 1. The first-order valence-electron chi connectivity index (χ1n) is 6.56. The van der Waals surface area contributed by atoms with Crippen molar-refractivity contribution in [3.8, 4) is 5.75 Å². The summed E-state index contributed by atoms with van der Waals surface area (Å²) in [6.45, 7) is 5.22. The molecule has 0 aromatic heterocycles. The third-order valence-corrected chi connectivity index (χ3v) is 2.83. The summed E-state index contributed by atoms with van der Waals surface area (Å²) in [5.74, 6) is -1.47. The second-order valence-corrected chi connectivity index (χ2v) is 4.63. The summed E-state index contributed by atoms with van der Waals surface area (Å²) >= 11 is 0. The van der Waals surface area contributed by atoms with Crippen molar-refractivity contribution in [3.63, 3.8) is 0 Å². The van der Waals surface area contributed by atoms with Gasteiger partial charge in [-0.1, -0.05) is 6.07 Å². The van der Waals surface area contributed by atoms with E-state index in [1.54, 1.807) is 26.8 Å². The number of hydrogen-bond acceptors (Lipinski definition) is 5. The van der Waals surface area contributed by atoms with Crippen molar-refractivity contribution >= 4 is 17.7 Å². The third-order valence-electron chi connectivity index (χ3n) is 2.83. The van der Waals surface area contributed by atoms with Crippen LogP contribution in [-0.2, 0) is 14.3 Å². The van der Waals surface area contributed by atoms with Gasteiger partial charge < -0.3 is 14.9 Å². The summed E-state index contributed by atoms with van der Waals surface area (Å²) in [5.41, 5.74) is 1.39. The van der Waals surface area contributed by atoms with Gasteiger partial charge in [-0.3, -0.25) is 9.79 Å². The van der Waals surface area contributed by atoms with E-state index in [2.05, 4.69) is 4.99 Å². The van der Waals surface area contributed by atoms with Crippen molar-refractivity contribution in [2.45, 2.75) is 33.2 Å². The summed E-state index contributed by atoms with van der Waals surface area (Å²) in [7, 11) is 0. The second kappa shape index (κ2) is 7.42. The van der Waals surface area contributed by atoms with Gasteiger partial charge in [0.1, 0.15) is 5.75 Å². The van der Waals surface area contributed by atoms with Crippen molar-refractivity contribution in [3.05, 3.63) is 29.3 Å². The van der Waals surface area contributed by atoms with Crippen molar-refractivity contribution in [2.24, 2.45) is 4.99 Å². The molecule has 0 amide bonds. The van der Waals surface area contributed by atoms with Crippen LogP contribution >= 0.6 is 0 Å². The predicted octanol–water partition coefficient (Wildman–Crippen LogP) is 2.24. The summed E-state index contributed by atoms with van der Waals surface area (Å²) < 4.78 is 4.79. The molecule has 0 aliphatic heterocycles. The lowest BCUT2D eigenvalue weighted by atomic mass is 10.0. The molecule has 0 saturated carbocycles. The van der Waals surface area contributed by atoms with Crippen molar-refractivity contribution in [1.82, 2.24) is 0 Å². The van der Waals surface area contributed by atoms with Gasteiger partial charge in [0, 0.05) is 5.71 Å². The lowest BCUT2D eigenvalue weighted by Crippen LogP contribution is -2.14. The molecule has 1 rings (SSSR count). The molecule has 6 nitrogen and oxygen atoms in total. The van der Waals surface area contributed by atoms with E-state index in [4.69, 9.17) is 4.74 Å². The fourth-order valence-electron chi connectivity index (χ4n) is 1.81. The minimum Gasteiger partial charge on any atom is -0.508 e. The first-order chi connectivity index (χ1) is 9.85. The van der Waals surface area contributed by atoms with Crippen LogP contribution in [0.25, 0.3) is 0 Å². The van der Waals surface area contributed by atoms with Gasteiger partial charge in [0.05, 0.1) is 13.0 Å². The minimum atomic E-state index is -1.12. The Morgan fingerprint density at radius 2 is 2.05 bits per heavy atom. The van der Waals surface area contributed by atoms with E-state index in [0.717, 1.165) is 0 Å². The molecule has 0 aliphatic rings. The summed E-state index contributed by atoms with van der Waals surface area (Å²) in [6.07, 6.45) is -0.0469. The number of aliphatic imine (C=N–C) groups is 1. The quantitative estimate of drug-likeness (QED) is 0.619. The normalized spacial score (nSPS) is 12.8. The van der Waals surface area contributed by atoms with Gasteiger partial charge in [-0.15, -0.1) is 0 Å². The number of carboxylic acids is 1. The van der Waals surface area contributed by atoms with E-state index in [0.29, 0.717) is 16.8 Å². The Morgan fingerprint density at radius 3 is 2.57 bits per heavy atom. The molecule has 0 fully saturated rings. The maximum Gasteiger partial charge on any atom is 0.333 e. The average Bonchev–Trinajstić information content (AvgIpc) is 2.39. The predicted molar refractivity (Wildman–Crippen MR) is 77.6 cm³/mol. The topological polar surface area (TPSA) is 96.2 Å². The maximum absolute atomic E-state index is 11.4. The number of benzene rings is 1. The van der Waals surface area contributed by atoms with E-state index < -0.39 is 18.0 Å². The molecule has 6 heteroatoms. The number of hydrogen-bond donors (Lipinski definition) is 2. The van der Waals surface area contributed by atoms with Crippen LogP contribution in [-0.4, -0.2) is 34.5 Å². The van der Waals surface area contributed by atoms with Gasteiger partial charge in [-0.2, -0.15) is 0 Å². The highest BCUT2D eigenvalue weighted by atomic mass is 16.5. The number of carbonyl (C=O) groups excluding carboxylic acids is 1. The molecule has 114 valence electrons. The summed E-state index contributed by atoms with van der Waals surface area (Å²) in [6, 6.07) is 3.38. The number of aromatic hydroxyl groups is 1. The maximum atomic E-state index is 11.4. The molecule has 1 aromatic rings. The molecule has 0 radical (unpaired) electrons. The Morgan fingerprint density at radius 1 is 1.38 bits per heavy atom. The molecule has 21 heavy (non-hydrogen) atoms. The van der Waals surface area contributed by atoms with Crippen LogP contribution in [0.3, 0.4) is 0 Å². The van der Waals surface area contributed by atoms with Crippen LogP contribution < -0.4 is 0 Å². The zero-order chi connectivity index (χ0) is 16.0. The van der Waals surface area contributed by atoms with Gasteiger partial charge >= 0.3 is 11.9 Å². The molecule has 0 heterocycles. The van der Waals surface area contributed by atoms with Crippen LogP contribution in [0, 0.1) is 6.92 Å². The number of phenolic OH excluding ortho intramolecular Hbond substituents is 1. The monoisotopic (exact) mass is 293 g/mol. The molecular weight excluding hydrogens is 274 g/mol. The lowest BCUT2D eigenvalue weighted by Gasteiger charge is -2.11. The van der Waals surface area contributed by atoms with E-state index in [1.807, 2.05) is 0 Å². The molecular formula is C15H19NO5. The number of nitrogens with zero attached hydrogens (tertiary/aromatic N) is 1. The number of aliphatic carboxylic acids is 1. The highest BCUT2D eigenvalue weighted by Crippen LogP contribution is 2.24. The Kier molecular flexibility index (Phi) is 5.90. The molecule has 0 spiro atoms. The van der Waals surface area contributed by atoms with Crippen LogP contribution in [0.5, 0.6) is 5.75 Å². The number of ether oxygens (including phenoxy) is 1. The molecule has 0 saturated heterocycles. The Balaban J connectivity index is 2.99. The van der Waals surface area contributed by atoms with Crippen molar-refractivity contribution in [2.75, 3.05) is 6.61 Å². The zero-order valence-electron chi connectivity index (χ0n) is 12.3. The van der Waals surface area contributed by atoms with Crippen LogP contribution in [0.15, 0.2) is 23.2 Å². The van der Waals surface area contributed by atoms with E-state index >= 15 is 0 Å². The number of carboxylic acid groups (broad SMARTS) is 1. The summed E-state index contributed by atoms with van der Waals surface area (Å²) in [5, 5.41) is 18.8. The summed E-state index contributed by atoms with van der Waals surface area (Å²) in [4.78, 5) is 26.8. The van der Waals surface area contributed by atoms with E-state index in [1.165, 1.54) is 12.1 Å².